The molecule has 0 unspecified atom stereocenters. The maximum absolute atomic E-state index is 12.0. The lowest BCUT2D eigenvalue weighted by Gasteiger charge is -2.29. The van der Waals surface area contributed by atoms with E-state index in [0.717, 1.165) is 25.7 Å². The van der Waals surface area contributed by atoms with Crippen molar-refractivity contribution < 1.29 is 14.8 Å². The largest absolute Gasteiger partial charge is 0.343 e. The molecule has 0 saturated carbocycles. The summed E-state index contributed by atoms with van der Waals surface area (Å²) in [6, 6.07) is -0.495. The van der Waals surface area contributed by atoms with Gasteiger partial charge in [-0.15, -0.1) is 0 Å². The van der Waals surface area contributed by atoms with Gasteiger partial charge in [-0.2, -0.15) is 0 Å². The predicted molar refractivity (Wildman–Crippen MR) is 73.2 cm³/mol. The quantitative estimate of drug-likeness (QED) is 0.173. The Labute approximate surface area is 115 Å². The summed E-state index contributed by atoms with van der Waals surface area (Å²) >= 11 is 0. The van der Waals surface area contributed by atoms with E-state index in [9.17, 15) is 14.8 Å². The minimum Gasteiger partial charge on any atom is -0.343 e. The third-order valence-corrected chi connectivity index (χ3v) is 3.31. The molecule has 0 saturated heterocycles. The third-order valence-electron chi connectivity index (χ3n) is 3.31. The van der Waals surface area contributed by atoms with Gasteiger partial charge < -0.3 is 11.1 Å². The van der Waals surface area contributed by atoms with Gasteiger partial charge in [0.25, 0.3) is 0 Å². The summed E-state index contributed by atoms with van der Waals surface area (Å²) in [6.07, 6.45) is 5.71. The highest BCUT2D eigenvalue weighted by Gasteiger charge is 2.30. The van der Waals surface area contributed by atoms with Crippen LogP contribution in [-0.4, -0.2) is 35.3 Å². The van der Waals surface area contributed by atoms with Gasteiger partial charge in [0.1, 0.15) is 0 Å². The van der Waals surface area contributed by atoms with Crippen LogP contribution in [0.15, 0.2) is 0 Å². The zero-order chi connectivity index (χ0) is 14.7. The molecule has 2 atom stereocenters. The number of rotatable bonds is 11. The summed E-state index contributed by atoms with van der Waals surface area (Å²) in [4.78, 5) is 22.7. The first-order chi connectivity index (χ1) is 9.12. The number of nitrogens with one attached hydrogen (secondary N) is 1. The molecule has 0 aliphatic carbocycles. The van der Waals surface area contributed by atoms with Gasteiger partial charge in [-0.3, -0.25) is 14.8 Å². The average molecular weight is 273 g/mol. The lowest BCUT2D eigenvalue weighted by atomic mass is 9.90. The number of hydroxylamine groups is 2. The Morgan fingerprint density at radius 1 is 1.37 bits per heavy atom. The van der Waals surface area contributed by atoms with Gasteiger partial charge in [-0.25, -0.2) is 5.06 Å². The summed E-state index contributed by atoms with van der Waals surface area (Å²) in [5.41, 5.74) is 5.32. The molecular formula is C13H27N3O3. The smallest absolute Gasteiger partial charge is 0.233 e. The molecule has 0 radical (unpaired) electrons. The molecule has 6 heteroatoms. The molecule has 112 valence electrons. The van der Waals surface area contributed by atoms with Crippen LogP contribution in [0.3, 0.4) is 0 Å². The van der Waals surface area contributed by atoms with Crippen molar-refractivity contribution in [2.24, 2.45) is 11.7 Å². The average Bonchev–Trinajstić information content (AvgIpc) is 2.41. The van der Waals surface area contributed by atoms with Crippen molar-refractivity contribution in [3.8, 4) is 0 Å². The number of nitrogens with two attached hydrogens (primary N) is 1. The Morgan fingerprint density at radius 3 is 2.53 bits per heavy atom. The molecule has 0 bridgehead atoms. The SMILES string of the molecule is CCCCCC[C@@H](C(=O)NCN)[C@@H](CC)N(O)C=O. The van der Waals surface area contributed by atoms with E-state index in [4.69, 9.17) is 5.73 Å². The number of unbranched alkanes of at least 4 members (excludes halogenated alkanes) is 3. The molecule has 0 rings (SSSR count). The maximum Gasteiger partial charge on any atom is 0.233 e. The van der Waals surface area contributed by atoms with Crippen molar-refractivity contribution in [1.29, 1.82) is 0 Å². The standard InChI is InChI=1S/C13H27N3O3/c1-3-5-6-7-8-11(13(18)15-9-14)12(4-2)16(19)10-17/h10-12,19H,3-9,14H2,1-2H3,(H,15,18)/t11-,12-/m1/s1. The van der Waals surface area contributed by atoms with Gasteiger partial charge in [0, 0.05) is 0 Å². The normalized spacial score (nSPS) is 13.7. The van der Waals surface area contributed by atoms with E-state index in [1.165, 1.54) is 0 Å². The van der Waals surface area contributed by atoms with Crippen LogP contribution < -0.4 is 11.1 Å². The zero-order valence-electron chi connectivity index (χ0n) is 12.0. The molecule has 19 heavy (non-hydrogen) atoms. The minimum absolute atomic E-state index is 0.0627. The Kier molecular flexibility index (Phi) is 10.1. The van der Waals surface area contributed by atoms with Crippen molar-refractivity contribution in [2.45, 2.75) is 58.4 Å². The predicted octanol–water partition coefficient (Wildman–Crippen LogP) is 1.23. The molecule has 0 spiro atoms. The van der Waals surface area contributed by atoms with Crippen LogP contribution in [0.25, 0.3) is 0 Å². The van der Waals surface area contributed by atoms with Gasteiger partial charge in [0.15, 0.2) is 0 Å². The molecule has 0 fully saturated rings. The first kappa shape index (κ1) is 17.9. The van der Waals surface area contributed by atoms with Gasteiger partial charge in [-0.1, -0.05) is 39.5 Å². The highest BCUT2D eigenvalue weighted by molar-refractivity contribution is 5.79. The number of amides is 2. The Bertz CT molecular complexity index is 262. The number of carbonyl (C=O) groups is 2. The lowest BCUT2D eigenvalue weighted by molar-refractivity contribution is -0.168. The van der Waals surface area contributed by atoms with Crippen molar-refractivity contribution in [2.75, 3.05) is 6.67 Å². The van der Waals surface area contributed by atoms with Crippen LogP contribution in [0.5, 0.6) is 0 Å². The maximum atomic E-state index is 12.0. The van der Waals surface area contributed by atoms with Gasteiger partial charge in [-0.05, 0) is 12.8 Å². The first-order valence-corrected chi connectivity index (χ1v) is 7.02. The van der Waals surface area contributed by atoms with E-state index < -0.39 is 12.0 Å². The fourth-order valence-electron chi connectivity index (χ4n) is 2.26. The summed E-state index contributed by atoms with van der Waals surface area (Å²) in [5.74, 6) is -0.618. The van der Waals surface area contributed by atoms with Gasteiger partial charge in [0.2, 0.25) is 12.3 Å². The van der Waals surface area contributed by atoms with Gasteiger partial charge in [0.05, 0.1) is 18.6 Å². The second-order valence-electron chi connectivity index (χ2n) is 4.66. The topological polar surface area (TPSA) is 95.7 Å². The van der Waals surface area contributed by atoms with E-state index in [1.807, 2.05) is 6.92 Å². The van der Waals surface area contributed by atoms with Gasteiger partial charge >= 0.3 is 0 Å². The van der Waals surface area contributed by atoms with Crippen molar-refractivity contribution >= 4 is 12.3 Å². The summed E-state index contributed by atoms with van der Waals surface area (Å²) in [6.45, 7) is 4.02. The third kappa shape index (κ3) is 6.54. The summed E-state index contributed by atoms with van der Waals surface area (Å²) in [7, 11) is 0. The van der Waals surface area contributed by atoms with Crippen LogP contribution >= 0.6 is 0 Å². The van der Waals surface area contributed by atoms with E-state index in [0.29, 0.717) is 24.3 Å². The number of hydrogen-bond donors (Lipinski definition) is 3. The van der Waals surface area contributed by atoms with E-state index in [-0.39, 0.29) is 12.6 Å². The van der Waals surface area contributed by atoms with Crippen LogP contribution in [-0.2, 0) is 9.59 Å². The molecule has 4 N–H and O–H groups in total. The second-order valence-corrected chi connectivity index (χ2v) is 4.66. The monoisotopic (exact) mass is 273 g/mol. The number of hydrogen-bond acceptors (Lipinski definition) is 4. The Balaban J connectivity index is 4.62. The highest BCUT2D eigenvalue weighted by Crippen LogP contribution is 2.20. The molecular weight excluding hydrogens is 246 g/mol. The first-order valence-electron chi connectivity index (χ1n) is 7.02. The Morgan fingerprint density at radius 2 is 2.05 bits per heavy atom. The lowest BCUT2D eigenvalue weighted by Crippen LogP contribution is -2.46. The number of carbonyl (C=O) groups excluding carboxylic acids is 2. The molecule has 0 aromatic rings. The zero-order valence-corrected chi connectivity index (χ0v) is 12.0. The van der Waals surface area contributed by atoms with Crippen LogP contribution in [0.2, 0.25) is 0 Å². The van der Waals surface area contributed by atoms with Crippen LogP contribution in [0.1, 0.15) is 52.4 Å². The van der Waals surface area contributed by atoms with Crippen LogP contribution in [0, 0.1) is 5.92 Å². The Hall–Kier alpha value is -1.14. The number of nitrogens with zero attached hydrogens (tertiary/aromatic N) is 1. The molecule has 0 aliphatic rings. The van der Waals surface area contributed by atoms with E-state index in [1.54, 1.807) is 0 Å². The van der Waals surface area contributed by atoms with Crippen LogP contribution in [0.4, 0.5) is 0 Å². The van der Waals surface area contributed by atoms with E-state index >= 15 is 0 Å². The molecule has 0 aliphatic heterocycles. The van der Waals surface area contributed by atoms with Crippen molar-refractivity contribution in [3.05, 3.63) is 0 Å². The summed E-state index contributed by atoms with van der Waals surface area (Å²) in [5, 5.41) is 12.7. The highest BCUT2D eigenvalue weighted by atomic mass is 16.5. The van der Waals surface area contributed by atoms with Crippen molar-refractivity contribution in [3.63, 3.8) is 0 Å². The fraction of sp³-hybridized carbons (Fsp3) is 0.846. The van der Waals surface area contributed by atoms with E-state index in [2.05, 4.69) is 12.2 Å². The minimum atomic E-state index is -0.495. The molecule has 0 aromatic carbocycles. The second kappa shape index (κ2) is 10.8. The summed E-state index contributed by atoms with van der Waals surface area (Å²) < 4.78 is 0. The molecule has 0 heterocycles. The molecule has 2 amide bonds. The fourth-order valence-corrected chi connectivity index (χ4v) is 2.26. The van der Waals surface area contributed by atoms with Crippen molar-refractivity contribution in [1.82, 2.24) is 10.4 Å². The molecule has 6 nitrogen and oxygen atoms in total. The molecule has 0 aromatic heterocycles.